The Hall–Kier alpha value is -1.76. The molecule has 0 amide bonds. The summed E-state index contributed by atoms with van der Waals surface area (Å²) >= 11 is -0.213. The third-order valence-corrected chi connectivity index (χ3v) is 6.11. The van der Waals surface area contributed by atoms with Crippen LogP contribution >= 0.6 is 0 Å². The van der Waals surface area contributed by atoms with Crippen molar-refractivity contribution in [3.05, 3.63) is 61.7 Å². The Labute approximate surface area is 166 Å². The van der Waals surface area contributed by atoms with Gasteiger partial charge in [-0.05, 0) is 0 Å². The molecule has 4 nitrogen and oxygen atoms in total. The van der Waals surface area contributed by atoms with Crippen LogP contribution in [0.25, 0.3) is 0 Å². The van der Waals surface area contributed by atoms with Gasteiger partial charge in [-0.3, -0.25) is 0 Å². The molecule has 2 rings (SSSR count). The molecule has 0 aliphatic heterocycles. The van der Waals surface area contributed by atoms with Crippen LogP contribution in [0.15, 0.2) is 54.6 Å². The van der Waals surface area contributed by atoms with Crippen molar-refractivity contribution >= 4 is 6.16 Å². The van der Waals surface area contributed by atoms with E-state index in [1.807, 2.05) is 25.1 Å². The summed E-state index contributed by atoms with van der Waals surface area (Å²) in [7, 11) is 0. The zero-order valence-electron chi connectivity index (χ0n) is 15.9. The van der Waals surface area contributed by atoms with E-state index in [9.17, 15) is 4.79 Å². The third-order valence-electron chi connectivity index (χ3n) is 3.43. The van der Waals surface area contributed by atoms with Gasteiger partial charge in [0.2, 0.25) is 0 Å². The van der Waals surface area contributed by atoms with E-state index in [1.54, 1.807) is 27.7 Å². The third kappa shape index (κ3) is 6.86. The molecular weight excluding hydrogens is 443 g/mol. The van der Waals surface area contributed by atoms with E-state index in [1.165, 1.54) is 7.14 Å². The van der Waals surface area contributed by atoms with Crippen LogP contribution in [0.3, 0.4) is 0 Å². The summed E-state index contributed by atoms with van der Waals surface area (Å²) in [4.78, 5) is 12.0. The number of benzene rings is 2. The summed E-state index contributed by atoms with van der Waals surface area (Å²) in [5.41, 5.74) is -0.603. The molecule has 0 aliphatic rings. The van der Waals surface area contributed by atoms with Crippen molar-refractivity contribution in [2.45, 2.75) is 52.4 Å². The van der Waals surface area contributed by atoms with E-state index in [0.717, 1.165) is 0 Å². The van der Waals surface area contributed by atoms with Crippen LogP contribution in [0, 0.1) is 7.14 Å². The number of rotatable bonds is 6. The van der Waals surface area contributed by atoms with Crippen molar-refractivity contribution in [3.8, 4) is 5.75 Å². The maximum absolute atomic E-state index is 12.0. The van der Waals surface area contributed by atoms with Gasteiger partial charge in [0, 0.05) is 0 Å². The molecule has 1 atom stereocenters. The van der Waals surface area contributed by atoms with Crippen LogP contribution in [-0.4, -0.2) is 17.5 Å². The summed E-state index contributed by atoms with van der Waals surface area (Å²) < 4.78 is 19.2. The molecule has 0 N–H and O–H groups in total. The van der Waals surface area contributed by atoms with Crippen LogP contribution in [0.2, 0.25) is 0 Å². The van der Waals surface area contributed by atoms with Crippen LogP contribution in [0.4, 0.5) is 4.79 Å². The van der Waals surface area contributed by atoms with E-state index >= 15 is 0 Å². The Morgan fingerprint density at radius 1 is 0.885 bits per heavy atom. The number of hydrogen-bond donors (Lipinski definition) is 0. The van der Waals surface area contributed by atoms with Crippen molar-refractivity contribution < 1.29 is 40.2 Å². The Bertz CT molecular complexity index is 707. The van der Waals surface area contributed by atoms with Gasteiger partial charge in [0.15, 0.2) is 0 Å². The number of carbonyl (C=O) groups excluding carboxylic acids is 1. The minimum atomic E-state index is -1.07. The fourth-order valence-electron chi connectivity index (χ4n) is 2.03. The SMILES string of the molecule is CCC(C)(OC(=O)OC(C)(C)C)Oc1ccc([I-]c2ccccc2)cc1. The first-order valence-electron chi connectivity index (χ1n) is 8.60. The van der Waals surface area contributed by atoms with Crippen molar-refractivity contribution in [1.29, 1.82) is 0 Å². The molecule has 0 radical (unpaired) electrons. The first-order valence-corrected chi connectivity index (χ1v) is 10.8. The standard InChI is InChI=1S/C21H26IO4/c1-6-21(5,26-19(23)25-20(2,3)4)24-18-14-12-17(13-15-18)22-16-10-8-7-9-11-16/h7-15H,6H2,1-5H3/q-1. The summed E-state index contributed by atoms with van der Waals surface area (Å²) in [6.45, 7) is 9.04. The molecule has 0 saturated carbocycles. The van der Waals surface area contributed by atoms with Crippen molar-refractivity contribution in [1.82, 2.24) is 0 Å². The van der Waals surface area contributed by atoms with Gasteiger partial charge in [-0.2, -0.15) is 0 Å². The van der Waals surface area contributed by atoms with Gasteiger partial charge in [0.25, 0.3) is 0 Å². The summed E-state index contributed by atoms with van der Waals surface area (Å²) in [5, 5.41) is 0. The van der Waals surface area contributed by atoms with E-state index in [0.29, 0.717) is 12.2 Å². The first-order chi connectivity index (χ1) is 12.2. The number of hydrogen-bond acceptors (Lipinski definition) is 4. The van der Waals surface area contributed by atoms with Gasteiger partial charge in [0.05, 0.1) is 0 Å². The number of ether oxygens (including phenoxy) is 3. The van der Waals surface area contributed by atoms with Gasteiger partial charge in [-0.1, -0.05) is 0 Å². The Morgan fingerprint density at radius 3 is 2.00 bits per heavy atom. The minimum absolute atomic E-state index is 0.213. The average molecular weight is 469 g/mol. The molecule has 0 aliphatic carbocycles. The van der Waals surface area contributed by atoms with Crippen LogP contribution in [-0.2, 0) is 9.47 Å². The zero-order valence-corrected chi connectivity index (χ0v) is 18.1. The number of halogens is 1. The maximum atomic E-state index is 12.0. The number of carbonyl (C=O) groups is 1. The molecular formula is C21H26IO4-. The van der Waals surface area contributed by atoms with Crippen molar-refractivity contribution in [2.24, 2.45) is 0 Å². The molecule has 142 valence electrons. The monoisotopic (exact) mass is 469 g/mol. The quantitative estimate of drug-likeness (QED) is 0.370. The van der Waals surface area contributed by atoms with Crippen molar-refractivity contribution in [3.63, 3.8) is 0 Å². The molecule has 2 aromatic rings. The van der Waals surface area contributed by atoms with E-state index < -0.39 is 17.5 Å². The van der Waals surface area contributed by atoms with E-state index in [2.05, 4.69) is 36.4 Å². The van der Waals surface area contributed by atoms with Crippen molar-refractivity contribution in [2.75, 3.05) is 0 Å². The van der Waals surface area contributed by atoms with Gasteiger partial charge >= 0.3 is 166 Å². The Morgan fingerprint density at radius 2 is 1.46 bits per heavy atom. The molecule has 0 aromatic heterocycles. The van der Waals surface area contributed by atoms with E-state index in [-0.39, 0.29) is 21.2 Å². The predicted molar refractivity (Wildman–Crippen MR) is 96.9 cm³/mol. The fraction of sp³-hybridized carbons (Fsp3) is 0.381. The van der Waals surface area contributed by atoms with Gasteiger partial charge in [-0.15, -0.1) is 0 Å². The molecule has 26 heavy (non-hydrogen) atoms. The predicted octanol–water partition coefficient (Wildman–Crippen LogP) is 2.27. The molecule has 0 bridgehead atoms. The van der Waals surface area contributed by atoms with E-state index in [4.69, 9.17) is 14.2 Å². The second-order valence-corrected chi connectivity index (χ2v) is 10.0. The normalized spacial score (nSPS) is 13.7. The van der Waals surface area contributed by atoms with Gasteiger partial charge < -0.3 is 0 Å². The fourth-order valence-corrected chi connectivity index (χ4v) is 4.24. The van der Waals surface area contributed by atoms with Crippen LogP contribution in [0.1, 0.15) is 41.0 Å². The molecule has 0 saturated heterocycles. The Kier molecular flexibility index (Phi) is 6.92. The molecule has 0 spiro atoms. The topological polar surface area (TPSA) is 44.8 Å². The molecule has 0 heterocycles. The summed E-state index contributed by atoms with van der Waals surface area (Å²) in [5.74, 6) is -0.406. The molecule has 1 unspecified atom stereocenters. The average Bonchev–Trinajstić information content (AvgIpc) is 2.56. The first kappa shape index (κ1) is 20.6. The molecule has 0 fully saturated rings. The second kappa shape index (κ2) is 8.75. The van der Waals surface area contributed by atoms with Crippen LogP contribution < -0.4 is 25.9 Å². The second-order valence-electron chi connectivity index (χ2n) is 7.00. The Balaban J connectivity index is 2.00. The summed E-state index contributed by atoms with van der Waals surface area (Å²) in [6.07, 6.45) is -0.223. The molecule has 5 heteroatoms. The van der Waals surface area contributed by atoms with Gasteiger partial charge in [0.1, 0.15) is 0 Å². The zero-order chi connectivity index (χ0) is 19.2. The van der Waals surface area contributed by atoms with Gasteiger partial charge in [-0.25, -0.2) is 0 Å². The van der Waals surface area contributed by atoms with Crippen LogP contribution in [0.5, 0.6) is 5.75 Å². The molecule has 2 aromatic carbocycles. The summed E-state index contributed by atoms with van der Waals surface area (Å²) in [6, 6.07) is 18.4.